The van der Waals surface area contributed by atoms with Crippen LogP contribution in [0.3, 0.4) is 0 Å². The molecular weight excluding hydrogens is 224 g/mol. The van der Waals surface area contributed by atoms with Crippen LogP contribution in [0.2, 0.25) is 0 Å². The van der Waals surface area contributed by atoms with Crippen LogP contribution in [-0.2, 0) is 0 Å². The highest BCUT2D eigenvalue weighted by Gasteiger charge is 2.22. The van der Waals surface area contributed by atoms with Crippen molar-refractivity contribution in [3.63, 3.8) is 0 Å². The fraction of sp³-hybridized carbons (Fsp3) is 0.714. The van der Waals surface area contributed by atoms with Gasteiger partial charge in [0.2, 0.25) is 0 Å². The summed E-state index contributed by atoms with van der Waals surface area (Å²) in [4.78, 5) is 8.87. The van der Waals surface area contributed by atoms with Crippen molar-refractivity contribution < 1.29 is 0 Å². The fourth-order valence-electron chi connectivity index (χ4n) is 2.71. The van der Waals surface area contributed by atoms with Crippen LogP contribution in [0, 0.1) is 19.8 Å². The number of aryl methyl sites for hydroxylation is 2. The minimum Gasteiger partial charge on any atom is -0.365 e. The summed E-state index contributed by atoms with van der Waals surface area (Å²) in [6, 6.07) is 0.335. The van der Waals surface area contributed by atoms with Crippen molar-refractivity contribution in [2.24, 2.45) is 11.7 Å². The smallest absolute Gasteiger partial charge is 0.145 e. The molecule has 3 N–H and O–H groups in total. The monoisotopic (exact) mass is 248 g/mol. The van der Waals surface area contributed by atoms with E-state index in [1.54, 1.807) is 0 Å². The molecule has 0 amide bonds. The first-order valence-corrected chi connectivity index (χ1v) is 6.97. The number of nitrogens with one attached hydrogen (secondary N) is 1. The molecule has 4 heteroatoms. The Balaban J connectivity index is 2.02. The van der Waals surface area contributed by atoms with Crippen molar-refractivity contribution in [3.8, 4) is 0 Å². The summed E-state index contributed by atoms with van der Waals surface area (Å²) in [5.74, 6) is 1.55. The van der Waals surface area contributed by atoms with Crippen LogP contribution in [0.15, 0.2) is 6.20 Å². The number of hydrogen-bond acceptors (Lipinski definition) is 4. The van der Waals surface area contributed by atoms with E-state index in [0.29, 0.717) is 18.5 Å². The van der Waals surface area contributed by atoms with Crippen LogP contribution in [0.1, 0.15) is 43.5 Å². The predicted molar refractivity (Wildman–Crippen MR) is 74.5 cm³/mol. The zero-order chi connectivity index (χ0) is 13.0. The minimum atomic E-state index is 0.335. The lowest BCUT2D eigenvalue weighted by Crippen LogP contribution is -2.37. The molecule has 0 spiro atoms. The molecule has 2 rings (SSSR count). The molecule has 0 aliphatic heterocycles. The minimum absolute atomic E-state index is 0.335. The number of nitrogens with zero attached hydrogens (tertiary/aromatic N) is 2. The van der Waals surface area contributed by atoms with Gasteiger partial charge in [-0.3, -0.25) is 4.98 Å². The van der Waals surface area contributed by atoms with Crippen molar-refractivity contribution in [1.29, 1.82) is 0 Å². The van der Waals surface area contributed by atoms with Gasteiger partial charge in [0.15, 0.2) is 0 Å². The largest absolute Gasteiger partial charge is 0.365 e. The van der Waals surface area contributed by atoms with Crippen LogP contribution in [0.5, 0.6) is 0 Å². The standard InChI is InChI=1S/C14H24N4/c1-10-11(2)17-14(9-16-10)18-13(8-15)12-6-4-3-5-7-12/h9,12-13H,3-8,15H2,1-2H3,(H,17,18). The lowest BCUT2D eigenvalue weighted by molar-refractivity contribution is 0.320. The zero-order valence-electron chi connectivity index (χ0n) is 11.4. The average Bonchev–Trinajstić information content (AvgIpc) is 2.41. The first-order chi connectivity index (χ1) is 8.70. The number of anilines is 1. The molecule has 1 heterocycles. The molecule has 0 aromatic carbocycles. The molecule has 0 radical (unpaired) electrons. The normalized spacial score (nSPS) is 18.6. The summed E-state index contributed by atoms with van der Waals surface area (Å²) in [5, 5.41) is 3.47. The molecule has 1 aromatic heterocycles. The van der Waals surface area contributed by atoms with Crippen LogP contribution in [-0.4, -0.2) is 22.6 Å². The Bertz CT molecular complexity index is 385. The van der Waals surface area contributed by atoms with Crippen LogP contribution in [0.25, 0.3) is 0 Å². The Hall–Kier alpha value is -1.16. The Morgan fingerprint density at radius 2 is 2.00 bits per heavy atom. The SMILES string of the molecule is Cc1ncc(NC(CN)C2CCCCC2)nc1C. The third-order valence-corrected chi connectivity index (χ3v) is 4.00. The summed E-state index contributed by atoms with van der Waals surface area (Å²) in [6.07, 6.45) is 8.42. The van der Waals surface area contributed by atoms with Gasteiger partial charge >= 0.3 is 0 Å². The average molecular weight is 248 g/mol. The highest BCUT2D eigenvalue weighted by Crippen LogP contribution is 2.27. The van der Waals surface area contributed by atoms with Crippen LogP contribution < -0.4 is 11.1 Å². The maximum atomic E-state index is 5.91. The number of rotatable bonds is 4. The van der Waals surface area contributed by atoms with Gasteiger partial charge in [-0.15, -0.1) is 0 Å². The molecule has 18 heavy (non-hydrogen) atoms. The zero-order valence-corrected chi connectivity index (χ0v) is 11.4. The molecule has 1 aromatic rings. The number of hydrogen-bond donors (Lipinski definition) is 2. The van der Waals surface area contributed by atoms with Crippen molar-refractivity contribution in [1.82, 2.24) is 9.97 Å². The summed E-state index contributed by atoms with van der Waals surface area (Å²) >= 11 is 0. The summed E-state index contributed by atoms with van der Waals surface area (Å²) in [5.41, 5.74) is 7.88. The second-order valence-electron chi connectivity index (χ2n) is 5.31. The van der Waals surface area contributed by atoms with Crippen molar-refractivity contribution in [2.45, 2.75) is 52.0 Å². The van der Waals surface area contributed by atoms with E-state index >= 15 is 0 Å². The van der Waals surface area contributed by atoms with E-state index in [4.69, 9.17) is 5.73 Å². The van der Waals surface area contributed by atoms with Crippen LogP contribution >= 0.6 is 0 Å². The van der Waals surface area contributed by atoms with Gasteiger partial charge in [-0.25, -0.2) is 4.98 Å². The fourth-order valence-corrected chi connectivity index (χ4v) is 2.71. The van der Waals surface area contributed by atoms with E-state index in [0.717, 1.165) is 17.2 Å². The number of nitrogens with two attached hydrogens (primary N) is 1. The van der Waals surface area contributed by atoms with E-state index in [9.17, 15) is 0 Å². The highest BCUT2D eigenvalue weighted by molar-refractivity contribution is 5.35. The van der Waals surface area contributed by atoms with E-state index in [2.05, 4.69) is 15.3 Å². The van der Waals surface area contributed by atoms with E-state index in [1.807, 2.05) is 20.0 Å². The molecule has 0 saturated heterocycles. The maximum absolute atomic E-state index is 5.91. The second kappa shape index (κ2) is 6.14. The first kappa shape index (κ1) is 13.3. The van der Waals surface area contributed by atoms with E-state index < -0.39 is 0 Å². The third kappa shape index (κ3) is 3.19. The number of aromatic nitrogens is 2. The van der Waals surface area contributed by atoms with Gasteiger partial charge in [0, 0.05) is 12.6 Å². The molecule has 1 aliphatic rings. The predicted octanol–water partition coefficient (Wildman–Crippen LogP) is 2.41. The van der Waals surface area contributed by atoms with Gasteiger partial charge in [0.05, 0.1) is 17.6 Å². The van der Waals surface area contributed by atoms with Gasteiger partial charge in [-0.2, -0.15) is 0 Å². The first-order valence-electron chi connectivity index (χ1n) is 6.97. The summed E-state index contributed by atoms with van der Waals surface area (Å²) < 4.78 is 0. The van der Waals surface area contributed by atoms with Gasteiger partial charge in [0.25, 0.3) is 0 Å². The Labute approximate surface area is 109 Å². The summed E-state index contributed by atoms with van der Waals surface area (Å²) in [7, 11) is 0. The second-order valence-corrected chi connectivity index (χ2v) is 5.31. The topological polar surface area (TPSA) is 63.8 Å². The molecular formula is C14H24N4. The van der Waals surface area contributed by atoms with Gasteiger partial charge < -0.3 is 11.1 Å². The molecule has 0 bridgehead atoms. The molecule has 1 atom stereocenters. The Morgan fingerprint density at radius 3 is 2.61 bits per heavy atom. The Kier molecular flexibility index (Phi) is 4.53. The van der Waals surface area contributed by atoms with Gasteiger partial charge in [-0.05, 0) is 32.6 Å². The van der Waals surface area contributed by atoms with Gasteiger partial charge in [0.1, 0.15) is 5.82 Å². The molecule has 100 valence electrons. The molecule has 4 nitrogen and oxygen atoms in total. The summed E-state index contributed by atoms with van der Waals surface area (Å²) in [6.45, 7) is 4.64. The Morgan fingerprint density at radius 1 is 1.28 bits per heavy atom. The molecule has 1 fully saturated rings. The third-order valence-electron chi connectivity index (χ3n) is 4.00. The van der Waals surface area contributed by atoms with E-state index in [1.165, 1.54) is 32.1 Å². The van der Waals surface area contributed by atoms with Crippen molar-refractivity contribution in [3.05, 3.63) is 17.6 Å². The molecule has 1 saturated carbocycles. The maximum Gasteiger partial charge on any atom is 0.145 e. The van der Waals surface area contributed by atoms with Gasteiger partial charge in [-0.1, -0.05) is 19.3 Å². The highest BCUT2D eigenvalue weighted by atomic mass is 15.1. The quantitative estimate of drug-likeness (QED) is 0.859. The van der Waals surface area contributed by atoms with Crippen molar-refractivity contribution >= 4 is 5.82 Å². The lowest BCUT2D eigenvalue weighted by atomic mass is 9.84. The van der Waals surface area contributed by atoms with Crippen molar-refractivity contribution in [2.75, 3.05) is 11.9 Å². The lowest BCUT2D eigenvalue weighted by Gasteiger charge is -2.30. The van der Waals surface area contributed by atoms with Crippen LogP contribution in [0.4, 0.5) is 5.82 Å². The molecule has 1 unspecified atom stereocenters. The van der Waals surface area contributed by atoms with E-state index in [-0.39, 0.29) is 0 Å². The molecule has 1 aliphatic carbocycles.